The van der Waals surface area contributed by atoms with Crippen LogP contribution in [-0.2, 0) is 11.2 Å². The molecule has 0 spiro atoms. The first kappa shape index (κ1) is 13.6. The minimum atomic E-state index is 0.323. The van der Waals surface area contributed by atoms with Crippen LogP contribution in [0.15, 0.2) is 24.3 Å². The van der Waals surface area contributed by atoms with Gasteiger partial charge in [-0.15, -0.1) is 0 Å². The first-order valence-electron chi connectivity index (χ1n) is 7.21. The minimum absolute atomic E-state index is 0.323. The summed E-state index contributed by atoms with van der Waals surface area (Å²) in [6.45, 7) is 3.12. The van der Waals surface area contributed by atoms with Crippen molar-refractivity contribution in [2.45, 2.75) is 51.2 Å². The van der Waals surface area contributed by atoms with Gasteiger partial charge in [0.05, 0.1) is 12.7 Å². The second-order valence-electron chi connectivity index (χ2n) is 5.13. The summed E-state index contributed by atoms with van der Waals surface area (Å²) < 4.78 is 5.93. The van der Waals surface area contributed by atoms with Gasteiger partial charge in [-0.25, -0.2) is 0 Å². The van der Waals surface area contributed by atoms with Crippen molar-refractivity contribution in [3.05, 3.63) is 35.4 Å². The Morgan fingerprint density at radius 2 is 2.22 bits per heavy atom. The van der Waals surface area contributed by atoms with Crippen LogP contribution in [0.4, 0.5) is 0 Å². The van der Waals surface area contributed by atoms with Crippen LogP contribution in [0.2, 0.25) is 0 Å². The van der Waals surface area contributed by atoms with E-state index in [4.69, 9.17) is 4.74 Å². The third kappa shape index (κ3) is 3.33. The Labute approximate surface area is 111 Å². The Morgan fingerprint density at radius 1 is 1.39 bits per heavy atom. The predicted octanol–water partition coefficient (Wildman–Crippen LogP) is 3.47. The third-order valence-corrected chi connectivity index (χ3v) is 4.01. The first-order chi connectivity index (χ1) is 8.85. The summed E-state index contributed by atoms with van der Waals surface area (Å²) in [7, 11) is 2.06. The molecule has 2 heteroatoms. The van der Waals surface area contributed by atoms with E-state index in [-0.39, 0.29) is 0 Å². The highest BCUT2D eigenvalue weighted by Gasteiger charge is 2.20. The van der Waals surface area contributed by atoms with Crippen LogP contribution in [0.3, 0.4) is 0 Å². The van der Waals surface area contributed by atoms with Crippen LogP contribution in [-0.4, -0.2) is 19.7 Å². The molecule has 1 aliphatic rings. The zero-order valence-electron chi connectivity index (χ0n) is 11.6. The van der Waals surface area contributed by atoms with Crippen molar-refractivity contribution in [1.29, 1.82) is 0 Å². The van der Waals surface area contributed by atoms with Crippen LogP contribution in [0.25, 0.3) is 0 Å². The smallest absolute Gasteiger partial charge is 0.0827 e. The SMILES string of the molecule is CCC(CCCC1OCCc2ccccc21)NC. The number of fused-ring (bicyclic) bond motifs is 1. The average molecular weight is 247 g/mol. The summed E-state index contributed by atoms with van der Waals surface area (Å²) in [6, 6.07) is 9.39. The number of nitrogens with one attached hydrogen (secondary N) is 1. The Morgan fingerprint density at radius 3 is 3.00 bits per heavy atom. The Balaban J connectivity index is 1.87. The molecule has 0 amide bonds. The molecule has 1 aromatic carbocycles. The topological polar surface area (TPSA) is 21.3 Å². The van der Waals surface area contributed by atoms with Crippen LogP contribution in [0.5, 0.6) is 0 Å². The monoisotopic (exact) mass is 247 g/mol. The number of hydrogen-bond acceptors (Lipinski definition) is 2. The highest BCUT2D eigenvalue weighted by molar-refractivity contribution is 5.30. The summed E-state index contributed by atoms with van der Waals surface area (Å²) in [4.78, 5) is 0. The van der Waals surface area contributed by atoms with Gasteiger partial charge in [0, 0.05) is 6.04 Å². The Hall–Kier alpha value is -0.860. The predicted molar refractivity (Wildman–Crippen MR) is 75.8 cm³/mol. The van der Waals surface area contributed by atoms with Crippen molar-refractivity contribution in [3.63, 3.8) is 0 Å². The van der Waals surface area contributed by atoms with Gasteiger partial charge in [0.25, 0.3) is 0 Å². The summed E-state index contributed by atoms with van der Waals surface area (Å²) >= 11 is 0. The third-order valence-electron chi connectivity index (χ3n) is 4.01. The number of ether oxygens (including phenoxy) is 1. The quantitative estimate of drug-likeness (QED) is 0.831. The van der Waals surface area contributed by atoms with E-state index in [1.54, 1.807) is 0 Å². The lowest BCUT2D eigenvalue weighted by Crippen LogP contribution is -2.24. The molecule has 1 N–H and O–H groups in total. The molecule has 0 fully saturated rings. The largest absolute Gasteiger partial charge is 0.373 e. The molecule has 2 unspecified atom stereocenters. The van der Waals surface area contributed by atoms with Crippen LogP contribution < -0.4 is 5.32 Å². The molecule has 100 valence electrons. The molecule has 1 heterocycles. The van der Waals surface area contributed by atoms with Crippen molar-refractivity contribution >= 4 is 0 Å². The molecule has 18 heavy (non-hydrogen) atoms. The van der Waals surface area contributed by atoms with Gasteiger partial charge < -0.3 is 10.1 Å². The molecule has 0 radical (unpaired) electrons. The average Bonchev–Trinajstić information content (AvgIpc) is 2.44. The Kier molecular flexibility index (Phi) is 5.21. The fourth-order valence-electron chi connectivity index (χ4n) is 2.82. The van der Waals surface area contributed by atoms with Gasteiger partial charge >= 0.3 is 0 Å². The lowest BCUT2D eigenvalue weighted by molar-refractivity contribution is 0.0344. The molecule has 2 nitrogen and oxygen atoms in total. The van der Waals surface area contributed by atoms with E-state index in [0.29, 0.717) is 12.1 Å². The normalized spacial score (nSPS) is 20.4. The van der Waals surface area contributed by atoms with E-state index in [1.165, 1.54) is 30.4 Å². The van der Waals surface area contributed by atoms with Crippen LogP contribution >= 0.6 is 0 Å². The van der Waals surface area contributed by atoms with Gasteiger partial charge in [0.15, 0.2) is 0 Å². The van der Waals surface area contributed by atoms with Crippen LogP contribution in [0.1, 0.15) is 49.8 Å². The molecule has 0 saturated heterocycles. The second-order valence-corrected chi connectivity index (χ2v) is 5.13. The lowest BCUT2D eigenvalue weighted by atomic mass is 9.94. The van der Waals surface area contributed by atoms with Crippen LogP contribution in [0, 0.1) is 0 Å². The van der Waals surface area contributed by atoms with E-state index in [2.05, 4.69) is 43.6 Å². The van der Waals surface area contributed by atoms with E-state index in [9.17, 15) is 0 Å². The summed E-state index contributed by atoms with van der Waals surface area (Å²) in [5.41, 5.74) is 2.90. The Bertz CT molecular complexity index is 360. The number of benzene rings is 1. The number of hydrogen-bond donors (Lipinski definition) is 1. The van der Waals surface area contributed by atoms with Gasteiger partial charge in [0.2, 0.25) is 0 Å². The van der Waals surface area contributed by atoms with Gasteiger partial charge in [-0.2, -0.15) is 0 Å². The molecule has 2 rings (SSSR count). The molecule has 1 aliphatic heterocycles. The minimum Gasteiger partial charge on any atom is -0.373 e. The summed E-state index contributed by atoms with van der Waals surface area (Å²) in [5, 5.41) is 3.37. The molecule has 2 atom stereocenters. The van der Waals surface area contributed by atoms with Crippen molar-refractivity contribution in [3.8, 4) is 0 Å². The fourth-order valence-corrected chi connectivity index (χ4v) is 2.82. The van der Waals surface area contributed by atoms with Gasteiger partial charge in [-0.1, -0.05) is 31.2 Å². The van der Waals surface area contributed by atoms with Crippen molar-refractivity contribution < 1.29 is 4.74 Å². The highest BCUT2D eigenvalue weighted by Crippen LogP contribution is 2.30. The first-order valence-corrected chi connectivity index (χ1v) is 7.21. The molecule has 1 aromatic rings. The maximum absolute atomic E-state index is 5.93. The van der Waals surface area contributed by atoms with E-state index < -0.39 is 0 Å². The maximum Gasteiger partial charge on any atom is 0.0827 e. The second kappa shape index (κ2) is 6.91. The van der Waals surface area contributed by atoms with E-state index in [1.807, 2.05) is 0 Å². The fraction of sp³-hybridized carbons (Fsp3) is 0.625. The maximum atomic E-state index is 5.93. The standard InChI is InChI=1S/C16H25NO/c1-3-14(17-2)8-6-10-16-15-9-5-4-7-13(15)11-12-18-16/h4-5,7,9,14,16-17H,3,6,8,10-12H2,1-2H3. The van der Waals surface area contributed by atoms with Gasteiger partial charge in [-0.3, -0.25) is 0 Å². The zero-order valence-corrected chi connectivity index (χ0v) is 11.6. The zero-order chi connectivity index (χ0) is 12.8. The molecule has 0 saturated carbocycles. The summed E-state index contributed by atoms with van der Waals surface area (Å²) in [5.74, 6) is 0. The molecular formula is C16H25NO. The molecular weight excluding hydrogens is 222 g/mol. The molecule has 0 aromatic heterocycles. The van der Waals surface area contributed by atoms with Crippen molar-refractivity contribution in [1.82, 2.24) is 5.32 Å². The van der Waals surface area contributed by atoms with E-state index in [0.717, 1.165) is 19.4 Å². The molecule has 0 aliphatic carbocycles. The van der Waals surface area contributed by atoms with E-state index >= 15 is 0 Å². The highest BCUT2D eigenvalue weighted by atomic mass is 16.5. The van der Waals surface area contributed by atoms with Crippen molar-refractivity contribution in [2.75, 3.05) is 13.7 Å². The molecule has 0 bridgehead atoms. The van der Waals surface area contributed by atoms with Gasteiger partial charge in [-0.05, 0) is 50.3 Å². The van der Waals surface area contributed by atoms with Gasteiger partial charge in [0.1, 0.15) is 0 Å². The number of rotatable bonds is 6. The summed E-state index contributed by atoms with van der Waals surface area (Å²) in [6.07, 6.45) is 6.23. The lowest BCUT2D eigenvalue weighted by Gasteiger charge is -2.26. The van der Waals surface area contributed by atoms with Crippen molar-refractivity contribution in [2.24, 2.45) is 0 Å².